The van der Waals surface area contributed by atoms with Crippen LogP contribution in [0.15, 0.2) is 36.5 Å². The lowest BCUT2D eigenvalue weighted by atomic mass is 9.98. The number of rotatable bonds is 4. The largest absolute Gasteiger partial charge is 0.316 e. The third-order valence-corrected chi connectivity index (χ3v) is 5.48. The van der Waals surface area contributed by atoms with Crippen LogP contribution in [0.25, 0.3) is 10.9 Å². The third kappa shape index (κ3) is 2.77. The maximum absolute atomic E-state index is 4.45. The van der Waals surface area contributed by atoms with E-state index in [1.165, 1.54) is 29.5 Å². The highest BCUT2D eigenvalue weighted by Gasteiger charge is 2.24. The minimum absolute atomic E-state index is 0.568. The van der Waals surface area contributed by atoms with E-state index in [1.807, 2.05) is 6.20 Å². The number of benzene rings is 1. The molecule has 0 aliphatic carbocycles. The molecule has 2 heterocycles. The highest BCUT2D eigenvalue weighted by Crippen LogP contribution is 2.30. The minimum Gasteiger partial charge on any atom is -0.316 e. The van der Waals surface area contributed by atoms with E-state index in [2.05, 4.69) is 59.4 Å². The normalized spacial score (nSPS) is 20.8. The van der Waals surface area contributed by atoms with Gasteiger partial charge in [-0.2, -0.15) is 11.8 Å². The van der Waals surface area contributed by atoms with Crippen LogP contribution in [0.1, 0.15) is 18.4 Å². The van der Waals surface area contributed by atoms with Gasteiger partial charge in [0.15, 0.2) is 0 Å². The zero-order valence-electron chi connectivity index (χ0n) is 11.3. The van der Waals surface area contributed by atoms with Crippen LogP contribution in [-0.4, -0.2) is 29.1 Å². The maximum atomic E-state index is 4.45. The summed E-state index contributed by atoms with van der Waals surface area (Å²) in [7, 11) is 2.09. The highest BCUT2D eigenvalue weighted by molar-refractivity contribution is 8.00. The summed E-state index contributed by atoms with van der Waals surface area (Å²) in [6, 6.07) is 11.2. The Hall–Kier alpha value is -1.06. The Morgan fingerprint density at radius 1 is 1.37 bits per heavy atom. The fraction of sp³-hybridized carbons (Fsp3) is 0.438. The Bertz CT molecular complexity index is 544. The fourth-order valence-electron chi connectivity index (χ4n) is 2.91. The summed E-state index contributed by atoms with van der Waals surface area (Å²) < 4.78 is 0. The number of aromatic nitrogens is 1. The molecule has 0 radical (unpaired) electrons. The van der Waals surface area contributed by atoms with Crippen molar-refractivity contribution in [3.63, 3.8) is 0 Å². The lowest BCUT2D eigenvalue weighted by molar-refractivity contribution is 0.525. The molecule has 2 atom stereocenters. The molecule has 1 saturated heterocycles. The molecule has 0 bridgehead atoms. The maximum Gasteiger partial charge on any atom is 0.0704 e. The van der Waals surface area contributed by atoms with Gasteiger partial charge in [-0.3, -0.25) is 4.98 Å². The number of para-hydroxylation sites is 1. The second-order valence-corrected chi connectivity index (χ2v) is 6.49. The van der Waals surface area contributed by atoms with Crippen LogP contribution in [0.4, 0.5) is 0 Å². The minimum atomic E-state index is 0.568. The van der Waals surface area contributed by atoms with Crippen LogP contribution in [0.2, 0.25) is 0 Å². The summed E-state index contributed by atoms with van der Waals surface area (Å²) in [6.45, 7) is 0. The SMILES string of the molecule is CNC(Cc1ccnc2ccccc12)C1CCCS1. The molecular formula is C16H20N2S. The van der Waals surface area contributed by atoms with Crippen molar-refractivity contribution in [2.75, 3.05) is 12.8 Å². The predicted molar refractivity (Wildman–Crippen MR) is 83.8 cm³/mol. The van der Waals surface area contributed by atoms with Gasteiger partial charge in [-0.15, -0.1) is 0 Å². The number of nitrogens with one attached hydrogen (secondary N) is 1. The number of likely N-dealkylation sites (N-methyl/N-ethyl adjacent to an activating group) is 1. The number of thioether (sulfide) groups is 1. The topological polar surface area (TPSA) is 24.9 Å². The molecule has 2 unspecified atom stereocenters. The van der Waals surface area contributed by atoms with Crippen molar-refractivity contribution in [3.8, 4) is 0 Å². The van der Waals surface area contributed by atoms with Gasteiger partial charge in [0.1, 0.15) is 0 Å². The van der Waals surface area contributed by atoms with Crippen molar-refractivity contribution in [2.24, 2.45) is 0 Å². The standard InChI is InChI=1S/C16H20N2S/c1-17-15(16-7-4-10-19-16)11-12-8-9-18-14-6-3-2-5-13(12)14/h2-3,5-6,8-9,15-17H,4,7,10-11H2,1H3. The van der Waals surface area contributed by atoms with Crippen LogP contribution < -0.4 is 5.32 Å². The van der Waals surface area contributed by atoms with Crippen molar-refractivity contribution in [1.82, 2.24) is 10.3 Å². The molecule has 1 N–H and O–H groups in total. The Labute approximate surface area is 119 Å². The Kier molecular flexibility index (Phi) is 4.04. The van der Waals surface area contributed by atoms with Crippen LogP contribution in [0.3, 0.4) is 0 Å². The van der Waals surface area contributed by atoms with E-state index in [1.54, 1.807) is 0 Å². The van der Waals surface area contributed by atoms with E-state index >= 15 is 0 Å². The predicted octanol–water partition coefficient (Wildman–Crippen LogP) is 3.26. The molecular weight excluding hydrogens is 252 g/mol. The van der Waals surface area contributed by atoms with Gasteiger partial charge in [0.2, 0.25) is 0 Å². The number of pyridine rings is 1. The summed E-state index contributed by atoms with van der Waals surface area (Å²) in [5.74, 6) is 1.32. The summed E-state index contributed by atoms with van der Waals surface area (Å²) in [5.41, 5.74) is 2.52. The van der Waals surface area contributed by atoms with Crippen LogP contribution in [0, 0.1) is 0 Å². The van der Waals surface area contributed by atoms with Gasteiger partial charge in [-0.05, 0) is 49.8 Å². The molecule has 1 aromatic carbocycles. The highest BCUT2D eigenvalue weighted by atomic mass is 32.2. The first-order valence-electron chi connectivity index (χ1n) is 7.00. The first-order valence-corrected chi connectivity index (χ1v) is 8.05. The van der Waals surface area contributed by atoms with E-state index in [0.717, 1.165) is 17.2 Å². The molecule has 1 aromatic heterocycles. The van der Waals surface area contributed by atoms with Crippen LogP contribution in [-0.2, 0) is 6.42 Å². The second kappa shape index (κ2) is 5.93. The molecule has 0 saturated carbocycles. The van der Waals surface area contributed by atoms with Crippen molar-refractivity contribution in [3.05, 3.63) is 42.1 Å². The van der Waals surface area contributed by atoms with Crippen LogP contribution >= 0.6 is 11.8 Å². The van der Waals surface area contributed by atoms with Gasteiger partial charge in [0.05, 0.1) is 5.52 Å². The summed E-state index contributed by atoms with van der Waals surface area (Å²) in [5, 5.41) is 5.58. The van der Waals surface area contributed by atoms with Crippen molar-refractivity contribution >= 4 is 22.7 Å². The Balaban J connectivity index is 1.87. The van der Waals surface area contributed by atoms with Gasteiger partial charge in [0.25, 0.3) is 0 Å². The van der Waals surface area contributed by atoms with Gasteiger partial charge < -0.3 is 5.32 Å². The molecule has 2 aromatic rings. The molecule has 0 amide bonds. The Morgan fingerprint density at radius 2 is 2.26 bits per heavy atom. The molecule has 1 aliphatic heterocycles. The fourth-order valence-corrected chi connectivity index (χ4v) is 4.34. The average molecular weight is 272 g/mol. The van der Waals surface area contributed by atoms with E-state index in [9.17, 15) is 0 Å². The smallest absolute Gasteiger partial charge is 0.0704 e. The van der Waals surface area contributed by atoms with Gasteiger partial charge in [-0.25, -0.2) is 0 Å². The lowest BCUT2D eigenvalue weighted by Crippen LogP contribution is -2.36. The second-order valence-electron chi connectivity index (χ2n) is 5.14. The number of hydrogen-bond donors (Lipinski definition) is 1. The molecule has 1 aliphatic rings. The molecule has 19 heavy (non-hydrogen) atoms. The molecule has 3 heteroatoms. The number of fused-ring (bicyclic) bond motifs is 1. The average Bonchev–Trinajstić information content (AvgIpc) is 2.99. The monoisotopic (exact) mass is 272 g/mol. The Morgan fingerprint density at radius 3 is 3.05 bits per heavy atom. The van der Waals surface area contributed by atoms with Gasteiger partial charge >= 0.3 is 0 Å². The zero-order valence-corrected chi connectivity index (χ0v) is 12.1. The van der Waals surface area contributed by atoms with Crippen molar-refractivity contribution in [2.45, 2.75) is 30.6 Å². The molecule has 3 rings (SSSR count). The van der Waals surface area contributed by atoms with E-state index in [4.69, 9.17) is 0 Å². The summed E-state index contributed by atoms with van der Waals surface area (Å²) >= 11 is 2.12. The number of hydrogen-bond acceptors (Lipinski definition) is 3. The summed E-state index contributed by atoms with van der Waals surface area (Å²) in [4.78, 5) is 4.45. The molecule has 100 valence electrons. The van der Waals surface area contributed by atoms with Crippen LogP contribution in [0.5, 0.6) is 0 Å². The van der Waals surface area contributed by atoms with E-state index in [-0.39, 0.29) is 0 Å². The third-order valence-electron chi connectivity index (χ3n) is 3.96. The number of nitrogens with zero attached hydrogens (tertiary/aromatic N) is 1. The molecule has 1 fully saturated rings. The van der Waals surface area contributed by atoms with Crippen molar-refractivity contribution < 1.29 is 0 Å². The van der Waals surface area contributed by atoms with Crippen molar-refractivity contribution in [1.29, 1.82) is 0 Å². The zero-order chi connectivity index (χ0) is 13.1. The quantitative estimate of drug-likeness (QED) is 0.924. The van der Waals surface area contributed by atoms with E-state index in [0.29, 0.717) is 6.04 Å². The molecule has 2 nitrogen and oxygen atoms in total. The first-order chi connectivity index (χ1) is 9.38. The van der Waals surface area contributed by atoms with Gasteiger partial charge in [0, 0.05) is 22.9 Å². The first kappa shape index (κ1) is 12.9. The van der Waals surface area contributed by atoms with E-state index < -0.39 is 0 Å². The summed E-state index contributed by atoms with van der Waals surface area (Å²) in [6.07, 6.45) is 5.74. The lowest BCUT2D eigenvalue weighted by Gasteiger charge is -2.23. The molecule has 0 spiro atoms. The van der Waals surface area contributed by atoms with Gasteiger partial charge in [-0.1, -0.05) is 18.2 Å².